The molecule has 3 nitrogen and oxygen atoms in total. The predicted octanol–water partition coefficient (Wildman–Crippen LogP) is 5.21. The van der Waals surface area contributed by atoms with Gasteiger partial charge in [0.2, 0.25) is 0 Å². The van der Waals surface area contributed by atoms with Gasteiger partial charge in [0.15, 0.2) is 0 Å². The second-order valence-corrected chi connectivity index (χ2v) is 9.57. The lowest BCUT2D eigenvalue weighted by atomic mass is 9.62. The van der Waals surface area contributed by atoms with E-state index in [0.717, 1.165) is 25.7 Å². The van der Waals surface area contributed by atoms with E-state index in [2.05, 4.69) is 27.7 Å². The van der Waals surface area contributed by atoms with E-state index >= 15 is 0 Å². The van der Waals surface area contributed by atoms with E-state index in [-0.39, 0.29) is 29.8 Å². The van der Waals surface area contributed by atoms with Crippen LogP contribution in [0.4, 0.5) is 0 Å². The average molecular weight is 329 g/mol. The molecule has 0 aliphatic carbocycles. The van der Waals surface area contributed by atoms with Crippen molar-refractivity contribution >= 4 is 5.97 Å². The first-order valence-corrected chi connectivity index (χ1v) is 9.10. The molecule has 0 aromatic heterocycles. The lowest BCUT2D eigenvalue weighted by Gasteiger charge is -2.43. The summed E-state index contributed by atoms with van der Waals surface area (Å²) in [7, 11) is 0. The topological polar surface area (TPSA) is 46.5 Å². The minimum atomic E-state index is -0.578. The fourth-order valence-electron chi connectivity index (χ4n) is 3.39. The minimum absolute atomic E-state index is 0.0277. The highest BCUT2D eigenvalue weighted by Crippen LogP contribution is 2.45. The molecule has 0 spiro atoms. The standard InChI is InChI=1S/C20H40O3/c1-10-11-12-15(14-21)13-16(18(2,3)4)20(8,9)17(22)23-19(5,6)7/h15-16,21H,10-14H2,1-9H3. The summed E-state index contributed by atoms with van der Waals surface area (Å²) in [6, 6.07) is 0. The van der Waals surface area contributed by atoms with Crippen LogP contribution in [0.15, 0.2) is 0 Å². The van der Waals surface area contributed by atoms with Crippen molar-refractivity contribution in [2.45, 2.75) is 93.6 Å². The zero-order valence-electron chi connectivity index (χ0n) is 17.0. The number of ether oxygens (including phenoxy) is 1. The molecule has 0 saturated carbocycles. The van der Waals surface area contributed by atoms with E-state index in [4.69, 9.17) is 4.74 Å². The molecule has 2 atom stereocenters. The summed E-state index contributed by atoms with van der Waals surface area (Å²) in [5, 5.41) is 9.74. The van der Waals surface area contributed by atoms with Crippen LogP contribution in [-0.2, 0) is 9.53 Å². The van der Waals surface area contributed by atoms with Crippen LogP contribution < -0.4 is 0 Å². The Balaban J connectivity index is 5.33. The maximum absolute atomic E-state index is 12.8. The molecule has 0 radical (unpaired) electrons. The summed E-state index contributed by atoms with van der Waals surface area (Å²) in [5.74, 6) is 0.261. The number of aliphatic hydroxyl groups excluding tert-OH is 1. The van der Waals surface area contributed by atoms with Crippen LogP contribution in [0.25, 0.3) is 0 Å². The van der Waals surface area contributed by atoms with Crippen LogP contribution in [0.2, 0.25) is 0 Å². The van der Waals surface area contributed by atoms with E-state index in [1.54, 1.807) is 0 Å². The molecule has 0 aliphatic rings. The number of esters is 1. The number of rotatable bonds is 8. The molecule has 0 aromatic carbocycles. The molecule has 138 valence electrons. The Kier molecular flexibility index (Phi) is 8.29. The van der Waals surface area contributed by atoms with Crippen molar-refractivity contribution in [3.05, 3.63) is 0 Å². The molecule has 3 heteroatoms. The molecule has 0 bridgehead atoms. The second-order valence-electron chi connectivity index (χ2n) is 9.57. The van der Waals surface area contributed by atoms with Crippen molar-refractivity contribution < 1.29 is 14.6 Å². The van der Waals surface area contributed by atoms with Crippen molar-refractivity contribution in [1.29, 1.82) is 0 Å². The molecule has 23 heavy (non-hydrogen) atoms. The normalized spacial score (nSPS) is 16.1. The summed E-state index contributed by atoms with van der Waals surface area (Å²) in [5.41, 5.74) is -1.08. The highest BCUT2D eigenvalue weighted by Gasteiger charge is 2.45. The van der Waals surface area contributed by atoms with Gasteiger partial charge >= 0.3 is 5.97 Å². The first kappa shape index (κ1) is 22.4. The summed E-state index contributed by atoms with van der Waals surface area (Å²) in [4.78, 5) is 12.8. The highest BCUT2D eigenvalue weighted by atomic mass is 16.6. The Labute approximate surface area is 144 Å². The van der Waals surface area contributed by atoms with Crippen molar-refractivity contribution in [3.63, 3.8) is 0 Å². The third kappa shape index (κ3) is 7.69. The summed E-state index contributed by atoms with van der Waals surface area (Å²) in [6.45, 7) is 18.6. The van der Waals surface area contributed by atoms with Gasteiger partial charge in [-0.3, -0.25) is 4.79 Å². The van der Waals surface area contributed by atoms with Crippen molar-refractivity contribution in [2.24, 2.45) is 22.7 Å². The summed E-state index contributed by atoms with van der Waals surface area (Å²) < 4.78 is 5.67. The molecule has 1 N–H and O–H groups in total. The van der Waals surface area contributed by atoms with Gasteiger partial charge in [-0.15, -0.1) is 0 Å². The fourth-order valence-corrected chi connectivity index (χ4v) is 3.39. The van der Waals surface area contributed by atoms with Crippen molar-refractivity contribution in [2.75, 3.05) is 6.61 Å². The lowest BCUT2D eigenvalue weighted by Crippen LogP contribution is -2.44. The summed E-state index contributed by atoms with van der Waals surface area (Å²) in [6.07, 6.45) is 4.12. The van der Waals surface area contributed by atoms with Crippen LogP contribution >= 0.6 is 0 Å². The molecule has 2 unspecified atom stereocenters. The molecular formula is C20H40O3. The Morgan fingerprint density at radius 3 is 1.91 bits per heavy atom. The Bertz CT molecular complexity index is 358. The van der Waals surface area contributed by atoms with Crippen LogP contribution in [0.3, 0.4) is 0 Å². The summed E-state index contributed by atoms with van der Waals surface area (Å²) >= 11 is 0. The third-order valence-electron chi connectivity index (χ3n) is 4.63. The number of hydrogen-bond acceptors (Lipinski definition) is 3. The average Bonchev–Trinajstić information content (AvgIpc) is 2.35. The zero-order valence-corrected chi connectivity index (χ0v) is 17.0. The van der Waals surface area contributed by atoms with Gasteiger partial charge in [0.1, 0.15) is 5.60 Å². The number of aliphatic hydroxyl groups is 1. The van der Waals surface area contributed by atoms with E-state index < -0.39 is 11.0 Å². The molecule has 0 heterocycles. The quantitative estimate of drug-likeness (QED) is 0.622. The Hall–Kier alpha value is -0.570. The van der Waals surface area contributed by atoms with Gasteiger partial charge in [0.25, 0.3) is 0 Å². The van der Waals surface area contributed by atoms with E-state index in [0.29, 0.717) is 0 Å². The van der Waals surface area contributed by atoms with Crippen molar-refractivity contribution in [1.82, 2.24) is 0 Å². The maximum Gasteiger partial charge on any atom is 0.312 e. The SMILES string of the molecule is CCCCC(CO)CC(C(C)(C)C)C(C)(C)C(=O)OC(C)(C)C. The van der Waals surface area contributed by atoms with Gasteiger partial charge in [0.05, 0.1) is 5.41 Å². The first-order chi connectivity index (χ1) is 10.3. The minimum Gasteiger partial charge on any atom is -0.460 e. The van der Waals surface area contributed by atoms with Gasteiger partial charge in [0, 0.05) is 6.61 Å². The maximum atomic E-state index is 12.8. The van der Waals surface area contributed by atoms with Crippen LogP contribution in [0.1, 0.15) is 88.0 Å². The van der Waals surface area contributed by atoms with Gasteiger partial charge in [-0.25, -0.2) is 0 Å². The molecule has 0 fully saturated rings. The number of hydrogen-bond donors (Lipinski definition) is 1. The predicted molar refractivity (Wildman–Crippen MR) is 97.3 cm³/mol. The lowest BCUT2D eigenvalue weighted by molar-refractivity contribution is -0.172. The monoisotopic (exact) mass is 328 g/mol. The Morgan fingerprint density at radius 2 is 1.57 bits per heavy atom. The van der Waals surface area contributed by atoms with E-state index in [1.807, 2.05) is 34.6 Å². The fraction of sp³-hybridized carbons (Fsp3) is 0.950. The van der Waals surface area contributed by atoms with Gasteiger partial charge < -0.3 is 9.84 Å². The van der Waals surface area contributed by atoms with Crippen molar-refractivity contribution in [3.8, 4) is 0 Å². The zero-order chi connectivity index (χ0) is 18.5. The number of unbranched alkanes of at least 4 members (excludes halogenated alkanes) is 1. The van der Waals surface area contributed by atoms with Crippen LogP contribution in [0, 0.1) is 22.7 Å². The van der Waals surface area contributed by atoms with Gasteiger partial charge in [-0.1, -0.05) is 40.5 Å². The first-order valence-electron chi connectivity index (χ1n) is 9.10. The molecular weight excluding hydrogens is 288 g/mol. The molecule has 0 amide bonds. The van der Waals surface area contributed by atoms with Gasteiger partial charge in [-0.05, 0) is 64.7 Å². The molecule has 0 rings (SSSR count). The van der Waals surface area contributed by atoms with E-state index in [9.17, 15) is 9.90 Å². The third-order valence-corrected chi connectivity index (χ3v) is 4.63. The Morgan fingerprint density at radius 1 is 1.04 bits per heavy atom. The second kappa shape index (κ2) is 8.50. The highest BCUT2D eigenvalue weighted by molar-refractivity contribution is 5.76. The van der Waals surface area contributed by atoms with Crippen LogP contribution in [-0.4, -0.2) is 23.3 Å². The molecule has 0 saturated heterocycles. The smallest absolute Gasteiger partial charge is 0.312 e. The largest absolute Gasteiger partial charge is 0.460 e. The van der Waals surface area contributed by atoms with Gasteiger partial charge in [-0.2, -0.15) is 0 Å². The molecule has 0 aromatic rings. The van der Waals surface area contributed by atoms with Crippen LogP contribution in [0.5, 0.6) is 0 Å². The molecule has 0 aliphatic heterocycles. The number of carbonyl (C=O) groups excluding carboxylic acids is 1. The number of carbonyl (C=O) groups is 1. The van der Waals surface area contributed by atoms with E-state index in [1.165, 1.54) is 0 Å².